The number of hydrogen-bond donors (Lipinski definition) is 0. The van der Waals surface area contributed by atoms with Crippen LogP contribution >= 0.6 is 11.6 Å². The van der Waals surface area contributed by atoms with Crippen LogP contribution in [0.25, 0.3) is 5.69 Å². The third-order valence-electron chi connectivity index (χ3n) is 2.79. The fraction of sp³-hybridized carbons (Fsp3) is 0.143. The van der Waals surface area contributed by atoms with Gasteiger partial charge in [-0.1, -0.05) is 11.6 Å². The van der Waals surface area contributed by atoms with Crippen LogP contribution in [-0.4, -0.2) is 4.57 Å². The summed E-state index contributed by atoms with van der Waals surface area (Å²) >= 11 is 5.82. The van der Waals surface area contributed by atoms with Gasteiger partial charge in [0.1, 0.15) is 11.6 Å². The maximum Gasteiger partial charge on any atom is 0.273 e. The van der Waals surface area contributed by atoms with Crippen molar-refractivity contribution in [3.63, 3.8) is 0 Å². The monoisotopic (exact) mass is 258 g/mol. The van der Waals surface area contributed by atoms with Crippen molar-refractivity contribution >= 4 is 11.6 Å². The Morgan fingerprint density at radius 2 is 1.83 bits per heavy atom. The zero-order valence-corrected chi connectivity index (χ0v) is 10.8. The molecule has 0 atom stereocenters. The van der Waals surface area contributed by atoms with Gasteiger partial charge in [-0.2, -0.15) is 5.26 Å². The van der Waals surface area contributed by atoms with Crippen molar-refractivity contribution in [3.05, 3.63) is 62.5 Å². The topological polar surface area (TPSA) is 45.8 Å². The molecule has 0 saturated carbocycles. The van der Waals surface area contributed by atoms with E-state index < -0.39 is 0 Å². The van der Waals surface area contributed by atoms with Crippen LogP contribution in [-0.2, 0) is 0 Å². The van der Waals surface area contributed by atoms with E-state index in [-0.39, 0.29) is 11.1 Å². The zero-order valence-electron chi connectivity index (χ0n) is 10.1. The predicted octanol–water partition coefficient (Wildman–Crippen LogP) is 2.98. The minimum Gasteiger partial charge on any atom is -0.280 e. The number of rotatable bonds is 1. The van der Waals surface area contributed by atoms with Crippen molar-refractivity contribution in [1.82, 2.24) is 4.57 Å². The van der Waals surface area contributed by atoms with E-state index >= 15 is 0 Å². The molecule has 18 heavy (non-hydrogen) atoms. The molecule has 0 N–H and O–H groups in total. The second kappa shape index (κ2) is 4.67. The quantitative estimate of drug-likeness (QED) is 0.789. The molecular weight excluding hydrogens is 248 g/mol. The summed E-state index contributed by atoms with van der Waals surface area (Å²) in [6.07, 6.45) is 0. The SMILES string of the molecule is Cc1cc(C)n(-c2ccc(Cl)cc2)c(=O)c1C#N. The highest BCUT2D eigenvalue weighted by atomic mass is 35.5. The van der Waals surface area contributed by atoms with Crippen LogP contribution < -0.4 is 5.56 Å². The number of hydrogen-bond acceptors (Lipinski definition) is 2. The lowest BCUT2D eigenvalue weighted by atomic mass is 10.1. The van der Waals surface area contributed by atoms with Crippen molar-refractivity contribution in [2.24, 2.45) is 0 Å². The highest BCUT2D eigenvalue weighted by molar-refractivity contribution is 6.30. The minimum atomic E-state index is -0.294. The Bertz CT molecular complexity index is 693. The highest BCUT2D eigenvalue weighted by Crippen LogP contribution is 2.15. The molecule has 4 heteroatoms. The highest BCUT2D eigenvalue weighted by Gasteiger charge is 2.11. The van der Waals surface area contributed by atoms with Gasteiger partial charge in [0.2, 0.25) is 0 Å². The summed E-state index contributed by atoms with van der Waals surface area (Å²) in [4.78, 5) is 12.2. The largest absolute Gasteiger partial charge is 0.280 e. The lowest BCUT2D eigenvalue weighted by Crippen LogP contribution is -2.24. The Morgan fingerprint density at radius 1 is 1.22 bits per heavy atom. The van der Waals surface area contributed by atoms with Gasteiger partial charge in [-0.25, -0.2) is 0 Å². The van der Waals surface area contributed by atoms with Crippen LogP contribution in [0.5, 0.6) is 0 Å². The van der Waals surface area contributed by atoms with E-state index in [1.54, 1.807) is 31.2 Å². The molecule has 2 rings (SSSR count). The van der Waals surface area contributed by atoms with Crippen molar-refractivity contribution in [1.29, 1.82) is 5.26 Å². The summed E-state index contributed by atoms with van der Waals surface area (Å²) in [5.74, 6) is 0. The summed E-state index contributed by atoms with van der Waals surface area (Å²) in [6, 6.07) is 10.7. The molecule has 1 heterocycles. The summed E-state index contributed by atoms with van der Waals surface area (Å²) in [5, 5.41) is 9.63. The van der Waals surface area contributed by atoms with Gasteiger partial charge < -0.3 is 0 Å². The summed E-state index contributed by atoms with van der Waals surface area (Å²) in [5.41, 5.74) is 2.08. The molecule has 1 aromatic heterocycles. The van der Waals surface area contributed by atoms with Gasteiger partial charge in [0, 0.05) is 16.4 Å². The second-order valence-electron chi connectivity index (χ2n) is 4.07. The first kappa shape index (κ1) is 12.4. The average Bonchev–Trinajstić information content (AvgIpc) is 2.31. The molecule has 0 aliphatic rings. The van der Waals surface area contributed by atoms with Gasteiger partial charge in [0.15, 0.2) is 0 Å². The molecule has 0 unspecified atom stereocenters. The first-order chi connectivity index (χ1) is 8.54. The molecule has 0 saturated heterocycles. The number of aromatic nitrogens is 1. The number of benzene rings is 1. The second-order valence-corrected chi connectivity index (χ2v) is 4.51. The molecule has 0 aliphatic heterocycles. The van der Waals surface area contributed by atoms with Gasteiger partial charge in [-0.15, -0.1) is 0 Å². The van der Waals surface area contributed by atoms with Crippen LogP contribution in [0.2, 0.25) is 5.02 Å². The number of halogens is 1. The van der Waals surface area contributed by atoms with Crippen molar-refractivity contribution in [2.75, 3.05) is 0 Å². The molecular formula is C14H11ClN2O. The van der Waals surface area contributed by atoms with E-state index in [4.69, 9.17) is 16.9 Å². The van der Waals surface area contributed by atoms with Crippen LogP contribution in [0.4, 0.5) is 0 Å². The Balaban J connectivity index is 2.77. The van der Waals surface area contributed by atoms with Crippen LogP contribution in [0, 0.1) is 25.2 Å². The molecule has 0 radical (unpaired) electrons. The van der Waals surface area contributed by atoms with E-state index in [1.165, 1.54) is 4.57 Å². The number of nitriles is 1. The van der Waals surface area contributed by atoms with Crippen molar-refractivity contribution in [2.45, 2.75) is 13.8 Å². The number of nitrogens with zero attached hydrogens (tertiary/aromatic N) is 2. The normalized spacial score (nSPS) is 10.1. The smallest absolute Gasteiger partial charge is 0.273 e. The van der Waals surface area contributed by atoms with Crippen LogP contribution in [0.1, 0.15) is 16.8 Å². The standard InChI is InChI=1S/C14H11ClN2O/c1-9-7-10(2)17(14(18)13(9)8-16)12-5-3-11(15)4-6-12/h3-7H,1-2H3. The third kappa shape index (κ3) is 2.03. The van der Waals surface area contributed by atoms with E-state index in [0.29, 0.717) is 16.3 Å². The van der Waals surface area contributed by atoms with E-state index in [9.17, 15) is 4.79 Å². The van der Waals surface area contributed by atoms with Crippen molar-refractivity contribution in [3.8, 4) is 11.8 Å². The molecule has 1 aromatic carbocycles. The van der Waals surface area contributed by atoms with Crippen LogP contribution in [0.15, 0.2) is 35.1 Å². The Morgan fingerprint density at radius 3 is 2.39 bits per heavy atom. The average molecular weight is 259 g/mol. The molecule has 0 fully saturated rings. The lowest BCUT2D eigenvalue weighted by molar-refractivity contribution is 0.920. The third-order valence-corrected chi connectivity index (χ3v) is 3.04. The van der Waals surface area contributed by atoms with Crippen LogP contribution in [0.3, 0.4) is 0 Å². The summed E-state index contributed by atoms with van der Waals surface area (Å²) in [7, 11) is 0. The molecule has 0 amide bonds. The molecule has 2 aromatic rings. The zero-order chi connectivity index (χ0) is 13.3. The molecule has 90 valence electrons. The Hall–Kier alpha value is -2.05. The fourth-order valence-corrected chi connectivity index (χ4v) is 2.06. The molecule has 0 aliphatic carbocycles. The maximum atomic E-state index is 12.2. The van der Waals surface area contributed by atoms with Gasteiger partial charge in [0.05, 0.1) is 0 Å². The van der Waals surface area contributed by atoms with E-state index in [0.717, 1.165) is 5.69 Å². The van der Waals surface area contributed by atoms with Gasteiger partial charge in [-0.3, -0.25) is 9.36 Å². The molecule has 0 spiro atoms. The van der Waals surface area contributed by atoms with Crippen molar-refractivity contribution < 1.29 is 0 Å². The first-order valence-electron chi connectivity index (χ1n) is 5.44. The van der Waals surface area contributed by atoms with Gasteiger partial charge in [-0.05, 0) is 49.7 Å². The van der Waals surface area contributed by atoms with E-state index in [1.807, 2.05) is 19.1 Å². The summed E-state index contributed by atoms with van der Waals surface area (Å²) < 4.78 is 1.52. The predicted molar refractivity (Wildman–Crippen MR) is 71.2 cm³/mol. The minimum absolute atomic E-state index is 0.176. The fourth-order valence-electron chi connectivity index (χ4n) is 1.94. The molecule has 3 nitrogen and oxygen atoms in total. The molecule has 0 bridgehead atoms. The van der Waals surface area contributed by atoms with E-state index in [2.05, 4.69) is 0 Å². The maximum absolute atomic E-state index is 12.2. The van der Waals surface area contributed by atoms with Gasteiger partial charge >= 0.3 is 0 Å². The summed E-state index contributed by atoms with van der Waals surface area (Å²) in [6.45, 7) is 3.60. The number of aryl methyl sites for hydroxylation is 2. The van der Waals surface area contributed by atoms with Gasteiger partial charge in [0.25, 0.3) is 5.56 Å². The number of pyridine rings is 1. The lowest BCUT2D eigenvalue weighted by Gasteiger charge is -2.11. The Kier molecular flexibility index (Phi) is 3.22. The Labute approximate surface area is 110 Å². The first-order valence-corrected chi connectivity index (χ1v) is 5.81.